The maximum absolute atomic E-state index is 7.11. The van der Waals surface area contributed by atoms with Crippen LogP contribution in [-0.2, 0) is 10.8 Å². The van der Waals surface area contributed by atoms with Crippen molar-refractivity contribution in [2.75, 3.05) is 0 Å². The zero-order valence-corrected chi connectivity index (χ0v) is 40.0. The van der Waals surface area contributed by atoms with Gasteiger partial charge in [-0.3, -0.25) is 0 Å². The van der Waals surface area contributed by atoms with Crippen LogP contribution in [0.1, 0.15) is 49.9 Å². The van der Waals surface area contributed by atoms with Crippen molar-refractivity contribution < 1.29 is 17.7 Å². The highest BCUT2D eigenvalue weighted by atomic mass is 16.3. The normalized spacial score (nSPS) is 14.6. The minimum Gasteiger partial charge on any atom is -0.456 e. The zero-order chi connectivity index (χ0) is 47.5. The molecule has 4 heterocycles. The predicted molar refractivity (Wildman–Crippen MR) is 297 cm³/mol. The maximum atomic E-state index is 7.11. The Labute approximate surface area is 412 Å². The first-order valence-electron chi connectivity index (χ1n) is 25.0. The van der Waals surface area contributed by atoms with Gasteiger partial charge in [0.15, 0.2) is 0 Å². The van der Waals surface area contributed by atoms with E-state index in [1.165, 1.54) is 66.1 Å². The van der Waals surface area contributed by atoms with Gasteiger partial charge in [0.2, 0.25) is 0 Å². The molecule has 0 saturated carbocycles. The Hall–Kier alpha value is -8.86. The molecule has 0 amide bonds. The van der Waals surface area contributed by atoms with Crippen LogP contribution in [0.15, 0.2) is 200 Å². The summed E-state index contributed by atoms with van der Waals surface area (Å²) in [6.07, 6.45) is 0. The molecule has 0 atom stereocenters. The van der Waals surface area contributed by atoms with Gasteiger partial charge in [0.1, 0.15) is 44.7 Å². The van der Waals surface area contributed by atoms with Gasteiger partial charge in [-0.2, -0.15) is 0 Å². The van der Waals surface area contributed by atoms with Crippen molar-refractivity contribution in [3.05, 3.63) is 204 Å². The van der Waals surface area contributed by atoms with E-state index in [1.54, 1.807) is 0 Å². The first-order chi connectivity index (χ1) is 35.2. The van der Waals surface area contributed by atoms with E-state index in [-0.39, 0.29) is 10.8 Å². The molecule has 0 spiro atoms. The minimum absolute atomic E-state index is 0.364. The monoisotopic (exact) mass is 922 g/mol. The predicted octanol–water partition coefficient (Wildman–Crippen LogP) is 19.5. The summed E-state index contributed by atoms with van der Waals surface area (Å²) in [6.45, 7) is 9.53. The Balaban J connectivity index is 0.880. The number of fused-ring (bicyclic) bond motifs is 24. The lowest BCUT2D eigenvalue weighted by molar-refractivity contribution is 0.648. The molecule has 2 aliphatic rings. The standard InChI is InChI=1S/C68H42O4/c1-67(2)49-33-48-50(34-47(49)63-51(67)31-45(61-41-17-9-11-19-53(41)71-65(61)63)37-21-25-43-57(29-37)69-55-27-23-35-13-5-7-15-39(35)59(43)55)68(3,4)52-32-46(62-42-18-10-12-20-54(42)72-66(62)64(48)52)38-22-26-44-58(30-38)70-56-28-24-36-14-6-8-16-40(36)60(44)56/h5-34H,1-4H3. The average molecular weight is 923 g/mol. The third kappa shape index (κ3) is 4.78. The zero-order valence-electron chi connectivity index (χ0n) is 40.0. The number of benzene rings is 11. The van der Waals surface area contributed by atoms with Crippen LogP contribution in [0, 0.1) is 0 Å². The number of hydrogen-bond donors (Lipinski definition) is 0. The van der Waals surface area contributed by atoms with Crippen LogP contribution in [0.5, 0.6) is 0 Å². The molecular weight excluding hydrogens is 881 g/mol. The molecule has 4 aromatic heterocycles. The SMILES string of the molecule is CC1(C)c2cc3c(cc2-c2c1cc(-c1ccc4c(c1)oc1ccc5ccccc5c14)c1c2oc2ccccc21)C(C)(C)c1cc(-c2ccc4c(c2)oc2ccc5ccccc5c24)c2c(oc4ccccc42)c1-3. The first kappa shape index (κ1) is 38.9. The second-order valence-electron chi connectivity index (χ2n) is 21.4. The fourth-order valence-corrected chi connectivity index (χ4v) is 13.5. The Morgan fingerprint density at radius 3 is 1.12 bits per heavy atom. The van der Waals surface area contributed by atoms with E-state index in [4.69, 9.17) is 17.7 Å². The van der Waals surface area contributed by atoms with Gasteiger partial charge in [-0.1, -0.05) is 137 Å². The van der Waals surface area contributed by atoms with Crippen LogP contribution in [0.2, 0.25) is 0 Å². The highest BCUT2D eigenvalue weighted by Gasteiger charge is 2.45. The molecule has 11 aromatic carbocycles. The van der Waals surface area contributed by atoms with Gasteiger partial charge in [-0.25, -0.2) is 0 Å². The molecule has 72 heavy (non-hydrogen) atoms. The van der Waals surface area contributed by atoms with Gasteiger partial charge < -0.3 is 17.7 Å². The minimum atomic E-state index is -0.364. The van der Waals surface area contributed by atoms with Crippen LogP contribution in [-0.4, -0.2) is 0 Å². The number of para-hydroxylation sites is 2. The van der Waals surface area contributed by atoms with Gasteiger partial charge in [0, 0.05) is 65.0 Å². The van der Waals surface area contributed by atoms with Crippen LogP contribution >= 0.6 is 0 Å². The Morgan fingerprint density at radius 1 is 0.278 bits per heavy atom. The lowest BCUT2D eigenvalue weighted by Crippen LogP contribution is -2.17. The third-order valence-electron chi connectivity index (χ3n) is 17.0. The molecule has 15 aromatic rings. The second-order valence-corrected chi connectivity index (χ2v) is 21.4. The fourth-order valence-electron chi connectivity index (χ4n) is 13.5. The van der Waals surface area contributed by atoms with E-state index in [0.717, 1.165) is 110 Å². The average Bonchev–Trinajstić information content (AvgIpc) is 4.25. The lowest BCUT2D eigenvalue weighted by atomic mass is 9.78. The van der Waals surface area contributed by atoms with Gasteiger partial charge >= 0.3 is 0 Å². The Bertz CT molecular complexity index is 4670. The Kier molecular flexibility index (Phi) is 7.08. The van der Waals surface area contributed by atoms with Crippen molar-refractivity contribution in [3.63, 3.8) is 0 Å². The molecule has 0 N–H and O–H groups in total. The van der Waals surface area contributed by atoms with E-state index >= 15 is 0 Å². The van der Waals surface area contributed by atoms with E-state index in [2.05, 4.69) is 210 Å². The highest BCUT2D eigenvalue weighted by Crippen LogP contribution is 2.61. The molecule has 17 rings (SSSR count). The smallest absolute Gasteiger partial charge is 0.144 e. The van der Waals surface area contributed by atoms with Crippen molar-refractivity contribution in [1.82, 2.24) is 0 Å². The van der Waals surface area contributed by atoms with Crippen molar-refractivity contribution in [2.24, 2.45) is 0 Å². The summed E-state index contributed by atoms with van der Waals surface area (Å²) in [5, 5.41) is 13.8. The number of furan rings is 4. The van der Waals surface area contributed by atoms with Gasteiger partial charge in [-0.15, -0.1) is 0 Å². The molecule has 338 valence electrons. The summed E-state index contributed by atoms with van der Waals surface area (Å²) in [5.74, 6) is 0. The summed E-state index contributed by atoms with van der Waals surface area (Å²) in [4.78, 5) is 0. The second kappa shape index (κ2) is 13.1. The van der Waals surface area contributed by atoms with Crippen molar-refractivity contribution >= 4 is 109 Å². The van der Waals surface area contributed by atoms with E-state index < -0.39 is 0 Å². The summed E-state index contributed by atoms with van der Waals surface area (Å²) in [7, 11) is 0. The highest BCUT2D eigenvalue weighted by molar-refractivity contribution is 6.24. The lowest BCUT2D eigenvalue weighted by Gasteiger charge is -2.24. The van der Waals surface area contributed by atoms with Crippen LogP contribution in [0.25, 0.3) is 154 Å². The van der Waals surface area contributed by atoms with Crippen LogP contribution in [0.3, 0.4) is 0 Å². The van der Waals surface area contributed by atoms with Gasteiger partial charge in [0.25, 0.3) is 0 Å². The summed E-state index contributed by atoms with van der Waals surface area (Å²) in [5.41, 5.74) is 20.8. The van der Waals surface area contributed by atoms with Crippen LogP contribution < -0.4 is 0 Å². The van der Waals surface area contributed by atoms with Gasteiger partial charge in [-0.05, 0) is 150 Å². The van der Waals surface area contributed by atoms with Crippen molar-refractivity contribution in [3.8, 4) is 44.5 Å². The fraction of sp³-hybridized carbons (Fsp3) is 0.0882. The molecule has 4 nitrogen and oxygen atoms in total. The molecule has 0 radical (unpaired) electrons. The molecule has 0 saturated heterocycles. The molecule has 0 unspecified atom stereocenters. The molecule has 0 bridgehead atoms. The molecule has 0 fully saturated rings. The quantitative estimate of drug-likeness (QED) is 0.173. The summed E-state index contributed by atoms with van der Waals surface area (Å²) >= 11 is 0. The Morgan fingerprint density at radius 2 is 0.667 bits per heavy atom. The van der Waals surface area contributed by atoms with E-state index in [9.17, 15) is 0 Å². The molecule has 0 aliphatic heterocycles. The van der Waals surface area contributed by atoms with Crippen molar-refractivity contribution in [1.29, 1.82) is 0 Å². The first-order valence-corrected chi connectivity index (χ1v) is 25.0. The molecule has 4 heteroatoms. The summed E-state index contributed by atoms with van der Waals surface area (Å²) in [6, 6.07) is 66.1. The van der Waals surface area contributed by atoms with Crippen molar-refractivity contribution in [2.45, 2.75) is 38.5 Å². The summed E-state index contributed by atoms with van der Waals surface area (Å²) < 4.78 is 27.5. The van der Waals surface area contributed by atoms with Gasteiger partial charge in [0.05, 0.1) is 0 Å². The number of rotatable bonds is 2. The number of hydrogen-bond acceptors (Lipinski definition) is 4. The molecule has 2 aliphatic carbocycles. The molecular formula is C68H42O4. The maximum Gasteiger partial charge on any atom is 0.144 e. The largest absolute Gasteiger partial charge is 0.456 e. The van der Waals surface area contributed by atoms with Crippen LogP contribution in [0.4, 0.5) is 0 Å². The van der Waals surface area contributed by atoms with E-state index in [1.807, 2.05) is 0 Å². The third-order valence-corrected chi connectivity index (χ3v) is 17.0. The topological polar surface area (TPSA) is 52.6 Å². The van der Waals surface area contributed by atoms with E-state index in [0.29, 0.717) is 0 Å².